The molecule has 0 aliphatic heterocycles. The predicted octanol–water partition coefficient (Wildman–Crippen LogP) is 3.36. The van der Waals surface area contributed by atoms with Gasteiger partial charge in [0.2, 0.25) is 15.9 Å². The van der Waals surface area contributed by atoms with Crippen LogP contribution in [0.4, 0.5) is 11.4 Å². The fourth-order valence-electron chi connectivity index (χ4n) is 2.94. The number of hydrogen-bond donors (Lipinski definition) is 1. The lowest BCUT2D eigenvalue weighted by Crippen LogP contribution is -2.45. The first-order valence-corrected chi connectivity index (χ1v) is 10.6. The predicted molar refractivity (Wildman–Crippen MR) is 109 cm³/mol. The quantitative estimate of drug-likeness (QED) is 0.787. The Morgan fingerprint density at radius 1 is 1.22 bits per heavy atom. The lowest BCUT2D eigenvalue weighted by Gasteiger charge is -2.29. The van der Waals surface area contributed by atoms with Gasteiger partial charge < -0.3 is 10.1 Å². The number of para-hydroxylation sites is 1. The van der Waals surface area contributed by atoms with Gasteiger partial charge in [-0.1, -0.05) is 31.2 Å². The first-order valence-electron chi connectivity index (χ1n) is 8.71. The van der Waals surface area contributed by atoms with Gasteiger partial charge in [0.1, 0.15) is 11.8 Å². The molecule has 0 heterocycles. The van der Waals surface area contributed by atoms with Crippen LogP contribution >= 0.6 is 0 Å². The number of carbonyl (C=O) groups is 1. The van der Waals surface area contributed by atoms with Gasteiger partial charge in [-0.25, -0.2) is 8.42 Å². The molecule has 6 nitrogen and oxygen atoms in total. The highest BCUT2D eigenvalue weighted by Gasteiger charge is 2.31. The van der Waals surface area contributed by atoms with E-state index in [0.717, 1.165) is 28.1 Å². The molecule has 146 valence electrons. The summed E-state index contributed by atoms with van der Waals surface area (Å²) in [5.74, 6) is -0.0236. The van der Waals surface area contributed by atoms with Gasteiger partial charge in [0, 0.05) is 5.69 Å². The maximum Gasteiger partial charge on any atom is 0.248 e. The summed E-state index contributed by atoms with van der Waals surface area (Å²) in [7, 11) is -2.26. The van der Waals surface area contributed by atoms with E-state index < -0.39 is 22.0 Å². The Morgan fingerprint density at radius 3 is 2.48 bits per heavy atom. The van der Waals surface area contributed by atoms with Crippen LogP contribution in [0.1, 0.15) is 25.0 Å². The average molecular weight is 391 g/mol. The molecule has 0 saturated carbocycles. The Balaban J connectivity index is 2.43. The van der Waals surface area contributed by atoms with E-state index in [1.54, 1.807) is 19.1 Å². The average Bonchev–Trinajstić information content (AvgIpc) is 2.61. The minimum Gasteiger partial charge on any atom is -0.495 e. The molecule has 0 spiro atoms. The van der Waals surface area contributed by atoms with Crippen molar-refractivity contribution in [3.05, 3.63) is 53.6 Å². The summed E-state index contributed by atoms with van der Waals surface area (Å²) in [6.45, 7) is 5.41. The van der Waals surface area contributed by atoms with Gasteiger partial charge >= 0.3 is 0 Å². The molecule has 2 rings (SSSR count). The van der Waals surface area contributed by atoms with E-state index in [4.69, 9.17) is 4.74 Å². The number of anilines is 2. The Morgan fingerprint density at radius 2 is 1.89 bits per heavy atom. The molecule has 1 atom stereocenters. The van der Waals surface area contributed by atoms with Crippen LogP contribution in [0.25, 0.3) is 0 Å². The van der Waals surface area contributed by atoms with Crippen LogP contribution in [0.3, 0.4) is 0 Å². The number of sulfonamides is 1. The first-order chi connectivity index (χ1) is 12.7. The van der Waals surface area contributed by atoms with Crippen molar-refractivity contribution in [1.82, 2.24) is 0 Å². The molecule has 7 heteroatoms. The van der Waals surface area contributed by atoms with E-state index in [1.807, 2.05) is 44.2 Å². The molecule has 0 bridgehead atoms. The molecule has 0 saturated heterocycles. The zero-order valence-electron chi connectivity index (χ0n) is 16.3. The molecule has 0 unspecified atom stereocenters. The second-order valence-corrected chi connectivity index (χ2v) is 8.27. The lowest BCUT2D eigenvalue weighted by molar-refractivity contribution is -0.116. The number of rotatable bonds is 7. The maximum atomic E-state index is 12.9. The van der Waals surface area contributed by atoms with Crippen LogP contribution in [0.15, 0.2) is 42.5 Å². The van der Waals surface area contributed by atoms with Gasteiger partial charge in [0.15, 0.2) is 0 Å². The van der Waals surface area contributed by atoms with E-state index in [-0.39, 0.29) is 0 Å². The fourth-order valence-corrected chi connectivity index (χ4v) is 4.11. The third-order valence-electron chi connectivity index (χ3n) is 4.32. The summed E-state index contributed by atoms with van der Waals surface area (Å²) in [4.78, 5) is 12.9. The number of nitrogens with one attached hydrogen (secondary N) is 1. The minimum atomic E-state index is -3.73. The fraction of sp³-hybridized carbons (Fsp3) is 0.350. The van der Waals surface area contributed by atoms with E-state index in [9.17, 15) is 13.2 Å². The number of hydrogen-bond acceptors (Lipinski definition) is 4. The highest BCUT2D eigenvalue weighted by molar-refractivity contribution is 7.92. The smallest absolute Gasteiger partial charge is 0.248 e. The second-order valence-electron chi connectivity index (χ2n) is 6.41. The zero-order valence-corrected chi connectivity index (χ0v) is 17.1. The second kappa shape index (κ2) is 8.43. The molecule has 2 aromatic carbocycles. The van der Waals surface area contributed by atoms with Gasteiger partial charge in [-0.05, 0) is 49.6 Å². The summed E-state index contributed by atoms with van der Waals surface area (Å²) in [6, 6.07) is 11.7. The molecule has 0 radical (unpaired) electrons. The third-order valence-corrected chi connectivity index (χ3v) is 5.54. The standard InChI is InChI=1S/C20H26N2O4S/c1-6-16-9-7-8-10-17(16)21-20(23)15(3)22(27(5,24)25)18-13-14(2)11-12-19(18)26-4/h7-13,15H,6H2,1-5H3,(H,21,23)/t15-/m1/s1. The normalized spacial score (nSPS) is 12.3. The third kappa shape index (κ3) is 4.80. The number of carbonyl (C=O) groups excluding carboxylic acids is 1. The van der Waals surface area contributed by atoms with E-state index in [0.29, 0.717) is 17.1 Å². The van der Waals surface area contributed by atoms with Crippen LogP contribution < -0.4 is 14.4 Å². The Bertz CT molecular complexity index is 925. The van der Waals surface area contributed by atoms with Crippen molar-refractivity contribution in [1.29, 1.82) is 0 Å². The highest BCUT2D eigenvalue weighted by Crippen LogP contribution is 2.33. The first kappa shape index (κ1) is 20.8. The highest BCUT2D eigenvalue weighted by atomic mass is 32.2. The zero-order chi connectivity index (χ0) is 20.2. The topological polar surface area (TPSA) is 75.7 Å². The number of nitrogens with zero attached hydrogens (tertiary/aromatic N) is 1. The van der Waals surface area contributed by atoms with E-state index in [2.05, 4.69) is 5.32 Å². The minimum absolute atomic E-state index is 0.339. The van der Waals surface area contributed by atoms with Crippen molar-refractivity contribution in [3.8, 4) is 5.75 Å². The lowest BCUT2D eigenvalue weighted by atomic mass is 10.1. The van der Waals surface area contributed by atoms with Crippen molar-refractivity contribution in [3.63, 3.8) is 0 Å². The summed E-state index contributed by atoms with van der Waals surface area (Å²) in [5, 5.41) is 2.85. The number of amides is 1. The van der Waals surface area contributed by atoms with Crippen molar-refractivity contribution >= 4 is 27.3 Å². The van der Waals surface area contributed by atoms with Crippen molar-refractivity contribution in [2.45, 2.75) is 33.2 Å². The monoisotopic (exact) mass is 390 g/mol. The van der Waals surface area contributed by atoms with Gasteiger partial charge in [0.25, 0.3) is 0 Å². The van der Waals surface area contributed by atoms with Gasteiger partial charge in [-0.15, -0.1) is 0 Å². The number of methoxy groups -OCH3 is 1. The largest absolute Gasteiger partial charge is 0.495 e. The SMILES string of the molecule is CCc1ccccc1NC(=O)[C@@H](C)N(c1cc(C)ccc1OC)S(C)(=O)=O. The van der Waals surface area contributed by atoms with Gasteiger partial charge in [-0.3, -0.25) is 9.10 Å². The Labute approximate surface area is 161 Å². The molecular weight excluding hydrogens is 364 g/mol. The van der Waals surface area contributed by atoms with Crippen molar-refractivity contribution < 1.29 is 17.9 Å². The van der Waals surface area contributed by atoms with E-state index in [1.165, 1.54) is 7.11 Å². The van der Waals surface area contributed by atoms with Crippen LogP contribution in [0.5, 0.6) is 5.75 Å². The van der Waals surface area contributed by atoms with Crippen LogP contribution in [0, 0.1) is 6.92 Å². The Hall–Kier alpha value is -2.54. The van der Waals surface area contributed by atoms with Crippen molar-refractivity contribution in [2.75, 3.05) is 23.0 Å². The summed E-state index contributed by atoms with van der Waals surface area (Å²) >= 11 is 0. The van der Waals surface area contributed by atoms with Crippen LogP contribution in [-0.4, -0.2) is 33.7 Å². The number of benzene rings is 2. The van der Waals surface area contributed by atoms with Crippen LogP contribution in [-0.2, 0) is 21.2 Å². The number of aryl methyl sites for hydroxylation is 2. The molecular formula is C20H26N2O4S. The van der Waals surface area contributed by atoms with Gasteiger partial charge in [-0.2, -0.15) is 0 Å². The summed E-state index contributed by atoms with van der Waals surface area (Å²) < 4.78 is 31.5. The van der Waals surface area contributed by atoms with Crippen molar-refractivity contribution in [2.24, 2.45) is 0 Å². The summed E-state index contributed by atoms with van der Waals surface area (Å²) in [5.41, 5.74) is 2.87. The maximum absolute atomic E-state index is 12.9. The Kier molecular flexibility index (Phi) is 6.49. The molecule has 2 aromatic rings. The molecule has 27 heavy (non-hydrogen) atoms. The molecule has 0 aliphatic carbocycles. The molecule has 0 aromatic heterocycles. The molecule has 0 fully saturated rings. The van der Waals surface area contributed by atoms with Crippen LogP contribution in [0.2, 0.25) is 0 Å². The number of ether oxygens (including phenoxy) is 1. The van der Waals surface area contributed by atoms with Gasteiger partial charge in [0.05, 0.1) is 19.1 Å². The molecule has 1 N–H and O–H groups in total. The molecule has 0 aliphatic rings. The van der Waals surface area contributed by atoms with E-state index >= 15 is 0 Å². The molecule has 1 amide bonds. The summed E-state index contributed by atoms with van der Waals surface area (Å²) in [6.07, 6.45) is 1.84.